The lowest BCUT2D eigenvalue weighted by Crippen LogP contribution is -1.83. The number of hydrogen-bond acceptors (Lipinski definition) is 3. The molecule has 0 aliphatic rings. The minimum absolute atomic E-state index is 0. The van der Waals surface area contributed by atoms with Gasteiger partial charge in [0, 0.05) is 12.4 Å². The number of nitrogens with one attached hydrogen (secondary N) is 1. The van der Waals surface area contributed by atoms with Crippen LogP contribution in [0.15, 0.2) is 12.4 Å². The van der Waals surface area contributed by atoms with Gasteiger partial charge in [-0.15, -0.1) is 0 Å². The van der Waals surface area contributed by atoms with E-state index >= 15 is 0 Å². The van der Waals surface area contributed by atoms with Crippen molar-refractivity contribution in [2.45, 2.75) is 0 Å². The van der Waals surface area contributed by atoms with Crippen LogP contribution in [0.3, 0.4) is 0 Å². The van der Waals surface area contributed by atoms with Crippen molar-refractivity contribution in [2.75, 3.05) is 5.73 Å². The molecule has 0 saturated heterocycles. The van der Waals surface area contributed by atoms with Crippen LogP contribution in [0.2, 0.25) is 0 Å². The smallest absolute Gasteiger partial charge is 0.197 e. The van der Waals surface area contributed by atoms with Gasteiger partial charge in [0.15, 0.2) is 5.95 Å². The minimum Gasteiger partial charge on any atom is -0.369 e. The van der Waals surface area contributed by atoms with E-state index in [0.29, 0.717) is 5.95 Å². The fourth-order valence-corrected chi connectivity index (χ4v) is 0.277. The molecule has 0 aliphatic carbocycles. The number of rotatable bonds is 0. The topological polar surface area (TPSA) is 89.7 Å². The normalized spacial score (nSPS) is 7.43. The summed E-state index contributed by atoms with van der Waals surface area (Å²) in [6.07, 6.45) is 3.28. The maximum atomic E-state index is 5.11. The maximum Gasteiger partial charge on any atom is 0.197 e. The highest BCUT2D eigenvalue weighted by molar-refractivity contribution is 5.11. The van der Waals surface area contributed by atoms with Crippen molar-refractivity contribution in [3.05, 3.63) is 12.4 Å². The molecule has 1 rings (SSSR count). The fraction of sp³-hybridized carbons (Fsp3) is 0. The summed E-state index contributed by atoms with van der Waals surface area (Å²) < 4.78 is 0. The molecule has 0 fully saturated rings. The molecule has 4 nitrogen and oxygen atoms in total. The molecule has 1 heterocycles. The summed E-state index contributed by atoms with van der Waals surface area (Å²) in [6.45, 7) is 0. The van der Waals surface area contributed by atoms with Gasteiger partial charge < -0.3 is 16.9 Å². The number of nitrogens with two attached hydrogens (primary N) is 1. The van der Waals surface area contributed by atoms with Gasteiger partial charge in [-0.1, -0.05) is 0 Å². The molecule has 7 heavy (non-hydrogen) atoms. The van der Waals surface area contributed by atoms with Crippen molar-refractivity contribution in [1.29, 1.82) is 0 Å². The highest BCUT2D eigenvalue weighted by Crippen LogP contribution is 1.81. The van der Waals surface area contributed by atoms with Crippen molar-refractivity contribution in [3.63, 3.8) is 0 Å². The number of nitrogens with zero attached hydrogens (tertiary/aromatic N) is 1. The Balaban J connectivity index is 0.000000360. The number of nitrogen functional groups attached to an aromatic ring is 1. The highest BCUT2D eigenvalue weighted by atomic mass is 15.0. The number of aromatic amines is 1. The lowest BCUT2D eigenvalue weighted by molar-refractivity contribution is 1.33. The Morgan fingerprint density at radius 2 is 2.43 bits per heavy atom. The third-order valence-corrected chi connectivity index (χ3v) is 0.519. The Kier molecular flexibility index (Phi) is 1.87. The van der Waals surface area contributed by atoms with Gasteiger partial charge in [0.05, 0.1) is 0 Å². The molecular formula is C3H8N4. The van der Waals surface area contributed by atoms with E-state index in [1.165, 1.54) is 0 Å². The molecule has 0 saturated carbocycles. The summed E-state index contributed by atoms with van der Waals surface area (Å²) >= 11 is 0. The first-order valence-electron chi connectivity index (χ1n) is 1.64. The van der Waals surface area contributed by atoms with Gasteiger partial charge >= 0.3 is 0 Å². The van der Waals surface area contributed by atoms with Crippen LogP contribution >= 0.6 is 0 Å². The summed E-state index contributed by atoms with van der Waals surface area (Å²) in [5, 5.41) is 0. The van der Waals surface area contributed by atoms with Crippen LogP contribution < -0.4 is 11.9 Å². The average Bonchev–Trinajstić information content (AvgIpc) is 1.86. The molecule has 0 bridgehead atoms. The van der Waals surface area contributed by atoms with Gasteiger partial charge in [-0.05, 0) is 0 Å². The molecule has 0 radical (unpaired) electrons. The van der Waals surface area contributed by atoms with Crippen molar-refractivity contribution >= 4 is 5.95 Å². The lowest BCUT2D eigenvalue weighted by atomic mass is 11.0. The molecule has 4 heteroatoms. The second-order valence-electron chi connectivity index (χ2n) is 0.974. The van der Waals surface area contributed by atoms with E-state index in [0.717, 1.165) is 0 Å². The number of imidazole rings is 1. The van der Waals surface area contributed by atoms with E-state index in [1.54, 1.807) is 12.4 Å². The van der Waals surface area contributed by atoms with Crippen LogP contribution in [0.1, 0.15) is 0 Å². The monoisotopic (exact) mass is 100 g/mol. The number of aromatic nitrogens is 2. The minimum atomic E-state index is 0. The second-order valence-corrected chi connectivity index (χ2v) is 0.974. The molecule has 0 spiro atoms. The lowest BCUT2D eigenvalue weighted by Gasteiger charge is -1.70. The number of anilines is 1. The van der Waals surface area contributed by atoms with E-state index in [1.807, 2.05) is 0 Å². The maximum absolute atomic E-state index is 5.11. The predicted octanol–water partition coefficient (Wildman–Crippen LogP) is 0.154. The summed E-state index contributed by atoms with van der Waals surface area (Å²) in [7, 11) is 0. The van der Waals surface area contributed by atoms with Crippen molar-refractivity contribution in [2.24, 2.45) is 0 Å². The van der Waals surface area contributed by atoms with E-state index in [-0.39, 0.29) is 6.15 Å². The number of H-pyrrole nitrogens is 1. The zero-order chi connectivity index (χ0) is 4.41. The van der Waals surface area contributed by atoms with Gasteiger partial charge in [-0.2, -0.15) is 0 Å². The third-order valence-electron chi connectivity index (χ3n) is 0.519. The number of hydrogen-bond donors (Lipinski definition) is 3. The Morgan fingerprint density at radius 3 is 2.57 bits per heavy atom. The van der Waals surface area contributed by atoms with Crippen molar-refractivity contribution in [3.8, 4) is 0 Å². The van der Waals surface area contributed by atoms with Gasteiger partial charge in [0.2, 0.25) is 0 Å². The Bertz CT molecular complexity index is 110. The van der Waals surface area contributed by atoms with Crippen LogP contribution in [0, 0.1) is 0 Å². The molecule has 1 aromatic heterocycles. The molecule has 0 atom stereocenters. The largest absolute Gasteiger partial charge is 0.369 e. The van der Waals surface area contributed by atoms with Gasteiger partial charge in [-0.25, -0.2) is 4.98 Å². The van der Waals surface area contributed by atoms with Crippen LogP contribution in [-0.2, 0) is 0 Å². The van der Waals surface area contributed by atoms with Crippen molar-refractivity contribution < 1.29 is 0 Å². The van der Waals surface area contributed by atoms with Crippen LogP contribution in [0.5, 0.6) is 0 Å². The molecule has 1 aromatic rings. The zero-order valence-corrected chi connectivity index (χ0v) is 3.89. The summed E-state index contributed by atoms with van der Waals surface area (Å²) in [6, 6.07) is 0. The van der Waals surface area contributed by atoms with E-state index in [4.69, 9.17) is 5.73 Å². The first kappa shape index (κ1) is 5.97. The molecule has 6 N–H and O–H groups in total. The van der Waals surface area contributed by atoms with Crippen LogP contribution in [0.25, 0.3) is 0 Å². The molecule has 0 aliphatic heterocycles. The quantitative estimate of drug-likeness (QED) is 0.433. The first-order chi connectivity index (χ1) is 2.89. The van der Waals surface area contributed by atoms with Gasteiger partial charge in [-0.3, -0.25) is 0 Å². The summed E-state index contributed by atoms with van der Waals surface area (Å²) in [5.74, 6) is 0.468. The van der Waals surface area contributed by atoms with E-state index in [2.05, 4.69) is 9.97 Å². The molecule has 0 unspecified atom stereocenters. The SMILES string of the molecule is N.Nc1ncc[nH]1. The fourth-order valence-electron chi connectivity index (χ4n) is 0.277. The Hall–Kier alpha value is -1.03. The molecule has 40 valence electrons. The molecule has 0 aromatic carbocycles. The first-order valence-corrected chi connectivity index (χ1v) is 1.64. The average molecular weight is 100 g/mol. The Morgan fingerprint density at radius 1 is 1.71 bits per heavy atom. The predicted molar refractivity (Wildman–Crippen MR) is 28.0 cm³/mol. The van der Waals surface area contributed by atoms with E-state index < -0.39 is 0 Å². The second kappa shape index (κ2) is 2.20. The van der Waals surface area contributed by atoms with Crippen LogP contribution in [0.4, 0.5) is 5.95 Å². The van der Waals surface area contributed by atoms with Gasteiger partial charge in [0.1, 0.15) is 0 Å². The summed E-state index contributed by atoms with van der Waals surface area (Å²) in [5.41, 5.74) is 5.11. The summed E-state index contributed by atoms with van der Waals surface area (Å²) in [4.78, 5) is 6.31. The zero-order valence-electron chi connectivity index (χ0n) is 3.89. The van der Waals surface area contributed by atoms with Crippen LogP contribution in [-0.4, -0.2) is 9.97 Å². The molecular weight excluding hydrogens is 92.1 g/mol. The van der Waals surface area contributed by atoms with Gasteiger partial charge in [0.25, 0.3) is 0 Å². The standard InChI is InChI=1S/C3H5N3.H3N/c4-3-5-1-2-6-3;/h1-2H,(H3,4,5,6);1H3. The van der Waals surface area contributed by atoms with Crippen molar-refractivity contribution in [1.82, 2.24) is 16.1 Å². The Labute approximate surface area is 41.3 Å². The highest BCUT2D eigenvalue weighted by Gasteiger charge is 1.74. The molecule has 0 amide bonds. The van der Waals surface area contributed by atoms with E-state index in [9.17, 15) is 0 Å². The third kappa shape index (κ3) is 1.23.